The maximum atomic E-state index is 12.9. The Morgan fingerprint density at radius 2 is 1.69 bits per heavy atom. The van der Waals surface area contributed by atoms with Crippen molar-refractivity contribution in [2.45, 2.75) is 48.1 Å². The Morgan fingerprint density at radius 1 is 1.12 bits per heavy atom. The monoisotopic (exact) mass is 447 g/mol. The number of benzene rings is 1. The van der Waals surface area contributed by atoms with Crippen molar-refractivity contribution in [3.05, 3.63) is 58.0 Å². The van der Waals surface area contributed by atoms with E-state index in [0.29, 0.717) is 12.1 Å². The molecule has 0 unspecified atom stereocenters. The quantitative estimate of drug-likeness (QED) is 0.501. The predicted octanol–water partition coefficient (Wildman–Crippen LogP) is 5.85. The summed E-state index contributed by atoms with van der Waals surface area (Å²) in [5, 5.41) is 11.6. The van der Waals surface area contributed by atoms with Crippen LogP contribution >= 0.6 is 11.3 Å². The fraction of sp³-hybridized carbons (Fsp3) is 0.333. The van der Waals surface area contributed by atoms with Crippen molar-refractivity contribution in [3.63, 3.8) is 0 Å². The van der Waals surface area contributed by atoms with Crippen LogP contribution in [0.3, 0.4) is 0 Å². The summed E-state index contributed by atoms with van der Waals surface area (Å²) in [6.07, 6.45) is 0. The van der Waals surface area contributed by atoms with Gasteiger partial charge in [-0.25, -0.2) is 0 Å². The molecular weight excluding hydrogens is 419 g/mol. The van der Waals surface area contributed by atoms with E-state index < -0.39 is 0 Å². The summed E-state index contributed by atoms with van der Waals surface area (Å²) in [6, 6.07) is 7.69. The standard InChI is InChI=1S/C18H19NO2S.C2H6.CH3.Y/c1-5-19-17(21)15(13-9-7-6-8-10(13)2)16(20)14-11(3)12(4)22-18(14)19;1-2;;/h6-9,20H,5H2,1-4H3;1-2H3;1H3;/q;;-1;. The first-order valence-electron chi connectivity index (χ1n) is 8.38. The summed E-state index contributed by atoms with van der Waals surface area (Å²) in [7, 11) is 0. The molecule has 0 fully saturated rings. The molecule has 0 aliphatic carbocycles. The van der Waals surface area contributed by atoms with E-state index in [1.807, 2.05) is 65.8 Å². The van der Waals surface area contributed by atoms with E-state index in [2.05, 4.69) is 0 Å². The maximum absolute atomic E-state index is 12.9. The number of hydrogen-bond donors (Lipinski definition) is 1. The summed E-state index contributed by atoms with van der Waals surface area (Å²) in [5.74, 6) is 0.112. The predicted molar refractivity (Wildman–Crippen MR) is 111 cm³/mol. The van der Waals surface area contributed by atoms with Gasteiger partial charge in [-0.15, -0.1) is 11.3 Å². The topological polar surface area (TPSA) is 42.2 Å². The first-order valence-corrected chi connectivity index (χ1v) is 9.20. The first-order chi connectivity index (χ1) is 11.5. The average molecular weight is 447 g/mol. The number of hydrogen-bond acceptors (Lipinski definition) is 3. The number of rotatable bonds is 2. The van der Waals surface area contributed by atoms with Gasteiger partial charge in [0.25, 0.3) is 5.56 Å². The molecule has 0 bridgehead atoms. The molecule has 1 radical (unpaired) electrons. The van der Waals surface area contributed by atoms with Crippen molar-refractivity contribution in [1.29, 1.82) is 0 Å². The summed E-state index contributed by atoms with van der Waals surface area (Å²) in [6.45, 7) is 12.5. The zero-order valence-corrected chi connectivity index (χ0v) is 20.5. The van der Waals surface area contributed by atoms with Crippen LogP contribution in [0.4, 0.5) is 0 Å². The number of aromatic hydroxyl groups is 1. The van der Waals surface area contributed by atoms with Crippen molar-refractivity contribution >= 4 is 21.6 Å². The largest absolute Gasteiger partial charge is 0.506 e. The average Bonchev–Trinajstić information content (AvgIpc) is 2.87. The molecule has 1 N–H and O–H groups in total. The summed E-state index contributed by atoms with van der Waals surface area (Å²) < 4.78 is 1.77. The van der Waals surface area contributed by atoms with Crippen molar-refractivity contribution in [2.75, 3.05) is 0 Å². The third-order valence-electron chi connectivity index (χ3n) is 4.28. The van der Waals surface area contributed by atoms with Gasteiger partial charge in [0.15, 0.2) is 0 Å². The Labute approximate surface area is 186 Å². The first kappa shape index (κ1) is 25.0. The molecule has 0 saturated heterocycles. The van der Waals surface area contributed by atoms with Crippen LogP contribution in [-0.2, 0) is 39.3 Å². The molecule has 0 atom stereocenters. The zero-order valence-electron chi connectivity index (χ0n) is 16.8. The Hall–Kier alpha value is -0.966. The molecule has 1 aromatic carbocycles. The maximum Gasteiger partial charge on any atom is 0.263 e. The second-order valence-corrected chi connectivity index (χ2v) is 6.75. The van der Waals surface area contributed by atoms with Crippen molar-refractivity contribution in [1.82, 2.24) is 4.57 Å². The van der Waals surface area contributed by atoms with E-state index in [-0.39, 0.29) is 51.4 Å². The van der Waals surface area contributed by atoms with Gasteiger partial charge < -0.3 is 12.5 Å². The smallest absolute Gasteiger partial charge is 0.263 e. The molecule has 139 valence electrons. The Balaban J connectivity index is 0.00000151. The van der Waals surface area contributed by atoms with Crippen molar-refractivity contribution in [2.24, 2.45) is 0 Å². The van der Waals surface area contributed by atoms with Crippen molar-refractivity contribution < 1.29 is 37.8 Å². The summed E-state index contributed by atoms with van der Waals surface area (Å²) in [4.78, 5) is 14.9. The van der Waals surface area contributed by atoms with Gasteiger partial charge >= 0.3 is 0 Å². The molecule has 0 saturated carbocycles. The van der Waals surface area contributed by atoms with E-state index in [1.165, 1.54) is 0 Å². The van der Waals surface area contributed by atoms with Gasteiger partial charge in [0.1, 0.15) is 10.6 Å². The van der Waals surface area contributed by atoms with Crippen LogP contribution in [-0.4, -0.2) is 9.67 Å². The number of nitrogens with zero attached hydrogens (tertiary/aromatic N) is 1. The molecule has 0 spiro atoms. The molecule has 5 heteroatoms. The Bertz CT molecular complexity index is 941. The molecule has 0 aliphatic heterocycles. The van der Waals surface area contributed by atoms with E-state index >= 15 is 0 Å². The van der Waals surface area contributed by atoms with Crippen LogP contribution in [0, 0.1) is 28.2 Å². The molecule has 2 heterocycles. The van der Waals surface area contributed by atoms with E-state index in [9.17, 15) is 9.90 Å². The number of aromatic nitrogens is 1. The van der Waals surface area contributed by atoms with Gasteiger partial charge in [0.05, 0.1) is 10.9 Å². The Morgan fingerprint density at radius 3 is 2.23 bits per heavy atom. The summed E-state index contributed by atoms with van der Waals surface area (Å²) >= 11 is 1.57. The molecular formula is C21H28NO2SY-. The van der Waals surface area contributed by atoms with E-state index in [1.54, 1.807) is 15.9 Å². The van der Waals surface area contributed by atoms with Crippen LogP contribution in [0.2, 0.25) is 0 Å². The number of aryl methyl sites for hydroxylation is 4. The third kappa shape index (κ3) is 4.13. The normalized spacial score (nSPS) is 9.77. The van der Waals surface area contributed by atoms with Crippen molar-refractivity contribution in [3.8, 4) is 16.9 Å². The second-order valence-electron chi connectivity index (χ2n) is 5.55. The SMILES string of the molecule is CC.CCn1c(=O)c(-c2ccccc2C)c(O)c2c(C)c(C)sc21.[CH3-].[Y]. The van der Waals surface area contributed by atoms with E-state index in [4.69, 9.17) is 0 Å². The fourth-order valence-corrected chi connectivity index (χ4v) is 4.13. The molecule has 0 aliphatic rings. The molecule has 3 nitrogen and oxygen atoms in total. The molecule has 0 amide bonds. The third-order valence-corrected chi connectivity index (χ3v) is 5.51. The van der Waals surface area contributed by atoms with Crippen LogP contribution in [0.5, 0.6) is 5.75 Å². The Kier molecular flexibility index (Phi) is 10.0. The van der Waals surface area contributed by atoms with Crippen LogP contribution in [0.15, 0.2) is 29.1 Å². The molecule has 3 rings (SSSR count). The van der Waals surface area contributed by atoms with E-state index in [0.717, 1.165) is 31.8 Å². The second kappa shape index (κ2) is 10.4. The number of pyridine rings is 1. The fourth-order valence-electron chi connectivity index (χ4n) is 2.91. The molecule has 2 aromatic heterocycles. The van der Waals surface area contributed by atoms with Gasteiger partial charge in [0, 0.05) is 44.1 Å². The minimum Gasteiger partial charge on any atom is -0.506 e. The van der Waals surface area contributed by atoms with Crippen LogP contribution < -0.4 is 5.56 Å². The van der Waals surface area contributed by atoms with Gasteiger partial charge in [-0.1, -0.05) is 38.1 Å². The van der Waals surface area contributed by atoms with Gasteiger partial charge in [-0.2, -0.15) is 0 Å². The van der Waals surface area contributed by atoms with Gasteiger partial charge in [-0.05, 0) is 44.4 Å². The minimum absolute atomic E-state index is 0. The van der Waals surface area contributed by atoms with Gasteiger partial charge in [-0.3, -0.25) is 9.36 Å². The van der Waals surface area contributed by atoms with Gasteiger partial charge in [0.2, 0.25) is 0 Å². The van der Waals surface area contributed by atoms with Crippen LogP contribution in [0.1, 0.15) is 36.8 Å². The minimum atomic E-state index is -0.122. The molecule has 26 heavy (non-hydrogen) atoms. The molecule has 3 aromatic rings. The number of fused-ring (bicyclic) bond motifs is 1. The summed E-state index contributed by atoms with van der Waals surface area (Å²) in [5.41, 5.74) is 3.13. The number of thiophene rings is 1. The van der Waals surface area contributed by atoms with Crippen LogP contribution in [0.25, 0.3) is 21.3 Å². The zero-order chi connectivity index (χ0) is 18.0.